The number of hydrogen-bond acceptors (Lipinski definition) is 5. The molecule has 1 N–H and O–H groups in total. The number of benzene rings is 1. The highest BCUT2D eigenvalue weighted by Gasteiger charge is 2.30. The third kappa shape index (κ3) is 4.55. The zero-order valence-electron chi connectivity index (χ0n) is 16.6. The smallest absolute Gasteiger partial charge is 0.273 e. The summed E-state index contributed by atoms with van der Waals surface area (Å²) in [6.45, 7) is 4.98. The van der Waals surface area contributed by atoms with Gasteiger partial charge >= 0.3 is 0 Å². The number of hydrogen-bond donors (Lipinski definition) is 1. The molecule has 2 aliphatic rings. The first-order valence-electron chi connectivity index (χ1n) is 10.1. The lowest BCUT2D eigenvalue weighted by atomic mass is 9.92. The molecule has 0 bridgehead atoms. The molecular formula is C22H28N2O4. The van der Waals surface area contributed by atoms with Crippen molar-refractivity contribution in [2.75, 3.05) is 6.61 Å². The van der Waals surface area contributed by atoms with Crippen LogP contribution < -0.4 is 10.1 Å². The summed E-state index contributed by atoms with van der Waals surface area (Å²) >= 11 is 0. The fourth-order valence-electron chi connectivity index (χ4n) is 4.06. The molecule has 6 nitrogen and oxygen atoms in total. The highest BCUT2D eigenvalue weighted by molar-refractivity contribution is 5.92. The number of carbonyl (C=O) groups excluding carboxylic acids is 1. The van der Waals surface area contributed by atoms with Crippen LogP contribution in [0.5, 0.6) is 5.75 Å². The van der Waals surface area contributed by atoms with E-state index in [0.29, 0.717) is 12.4 Å². The van der Waals surface area contributed by atoms with Crippen LogP contribution in [0.4, 0.5) is 0 Å². The normalized spacial score (nSPS) is 21.0. The zero-order valence-corrected chi connectivity index (χ0v) is 16.6. The summed E-state index contributed by atoms with van der Waals surface area (Å²) in [6, 6.07) is 8.01. The second kappa shape index (κ2) is 7.95. The number of ether oxygens (including phenoxy) is 2. The highest BCUT2D eigenvalue weighted by Crippen LogP contribution is 2.26. The maximum absolute atomic E-state index is 12.5. The average Bonchev–Trinajstić information content (AvgIpc) is 3.15. The van der Waals surface area contributed by atoms with Gasteiger partial charge in [0.2, 0.25) is 0 Å². The molecule has 1 saturated heterocycles. The Balaban J connectivity index is 1.32. The molecule has 1 aromatic heterocycles. The standard InChI is InChI=1S/C22H28N2O4/c1-22(2)13-17(9-10-27-22)23-21(25)20-12-19(28-24-20)14-26-18-8-7-15-5-3-4-6-16(15)11-18/h7-8,11-12,17H,3-6,9-10,13-14H2,1-2H3,(H,23,25). The van der Waals surface area contributed by atoms with Crippen molar-refractivity contribution < 1.29 is 18.8 Å². The molecule has 1 aliphatic carbocycles. The Morgan fingerprint density at radius 2 is 2.07 bits per heavy atom. The summed E-state index contributed by atoms with van der Waals surface area (Å²) in [6.07, 6.45) is 6.36. The third-order valence-electron chi connectivity index (χ3n) is 5.52. The largest absolute Gasteiger partial charge is 0.486 e. The topological polar surface area (TPSA) is 73.6 Å². The number of carbonyl (C=O) groups is 1. The number of rotatable bonds is 5. The quantitative estimate of drug-likeness (QED) is 0.848. The van der Waals surface area contributed by atoms with E-state index in [4.69, 9.17) is 14.0 Å². The average molecular weight is 384 g/mol. The van der Waals surface area contributed by atoms with Gasteiger partial charge in [0.15, 0.2) is 11.5 Å². The van der Waals surface area contributed by atoms with Crippen molar-refractivity contribution in [3.05, 3.63) is 46.8 Å². The van der Waals surface area contributed by atoms with E-state index in [1.165, 1.54) is 24.0 Å². The monoisotopic (exact) mass is 384 g/mol. The van der Waals surface area contributed by atoms with Crippen molar-refractivity contribution in [1.82, 2.24) is 10.5 Å². The van der Waals surface area contributed by atoms with Crippen LogP contribution in [-0.4, -0.2) is 29.3 Å². The SMILES string of the molecule is CC1(C)CC(NC(=O)c2cc(COc3ccc4c(c3)CCCC4)on2)CCO1. The Labute approximate surface area is 165 Å². The van der Waals surface area contributed by atoms with Crippen LogP contribution >= 0.6 is 0 Å². The van der Waals surface area contributed by atoms with Gasteiger partial charge in [-0.1, -0.05) is 11.2 Å². The summed E-state index contributed by atoms with van der Waals surface area (Å²) in [5.41, 5.74) is 2.87. The molecule has 150 valence electrons. The van der Waals surface area contributed by atoms with E-state index in [2.05, 4.69) is 22.6 Å². The van der Waals surface area contributed by atoms with Gasteiger partial charge in [0.05, 0.1) is 5.60 Å². The molecule has 4 rings (SSSR count). The van der Waals surface area contributed by atoms with Gasteiger partial charge in [-0.3, -0.25) is 4.79 Å². The van der Waals surface area contributed by atoms with Crippen LogP contribution in [0.25, 0.3) is 0 Å². The van der Waals surface area contributed by atoms with Crippen molar-refractivity contribution in [1.29, 1.82) is 0 Å². The van der Waals surface area contributed by atoms with E-state index in [0.717, 1.165) is 31.4 Å². The molecule has 0 saturated carbocycles. The van der Waals surface area contributed by atoms with E-state index in [-0.39, 0.29) is 29.9 Å². The van der Waals surface area contributed by atoms with E-state index >= 15 is 0 Å². The molecule has 0 spiro atoms. The Bertz CT molecular complexity index is 843. The number of fused-ring (bicyclic) bond motifs is 1. The van der Waals surface area contributed by atoms with Crippen LogP contribution in [0.1, 0.15) is 66.9 Å². The first-order chi connectivity index (χ1) is 13.5. The molecule has 2 heterocycles. The van der Waals surface area contributed by atoms with Crippen LogP contribution in [-0.2, 0) is 24.2 Å². The number of nitrogens with zero attached hydrogens (tertiary/aromatic N) is 1. The maximum Gasteiger partial charge on any atom is 0.273 e. The Morgan fingerprint density at radius 1 is 1.25 bits per heavy atom. The lowest BCUT2D eigenvalue weighted by molar-refractivity contribution is -0.0615. The molecule has 1 fully saturated rings. The fraction of sp³-hybridized carbons (Fsp3) is 0.545. The van der Waals surface area contributed by atoms with Crippen LogP contribution in [0.2, 0.25) is 0 Å². The molecular weight excluding hydrogens is 356 g/mol. The van der Waals surface area contributed by atoms with Crippen molar-refractivity contribution in [2.24, 2.45) is 0 Å². The second-order valence-corrected chi connectivity index (χ2v) is 8.38. The summed E-state index contributed by atoms with van der Waals surface area (Å²) in [7, 11) is 0. The van der Waals surface area contributed by atoms with E-state index in [1.807, 2.05) is 19.9 Å². The van der Waals surface area contributed by atoms with Gasteiger partial charge in [0.25, 0.3) is 5.91 Å². The number of aromatic nitrogens is 1. The molecule has 6 heteroatoms. The predicted molar refractivity (Wildman–Crippen MR) is 104 cm³/mol. The molecule has 2 aromatic rings. The van der Waals surface area contributed by atoms with Crippen LogP contribution in [0.3, 0.4) is 0 Å². The number of amides is 1. The third-order valence-corrected chi connectivity index (χ3v) is 5.52. The maximum atomic E-state index is 12.5. The van der Waals surface area contributed by atoms with Gasteiger partial charge in [-0.2, -0.15) is 0 Å². The Kier molecular flexibility index (Phi) is 5.40. The first-order valence-corrected chi connectivity index (χ1v) is 10.1. The lowest BCUT2D eigenvalue weighted by Gasteiger charge is -2.35. The molecule has 1 atom stereocenters. The van der Waals surface area contributed by atoms with E-state index < -0.39 is 0 Å². The molecule has 1 unspecified atom stereocenters. The van der Waals surface area contributed by atoms with E-state index in [1.54, 1.807) is 6.07 Å². The molecule has 1 amide bonds. The van der Waals surface area contributed by atoms with Gasteiger partial charge in [-0.25, -0.2) is 0 Å². The number of aryl methyl sites for hydroxylation is 2. The zero-order chi connectivity index (χ0) is 19.6. The van der Waals surface area contributed by atoms with Gasteiger partial charge < -0.3 is 19.3 Å². The van der Waals surface area contributed by atoms with Crippen LogP contribution in [0, 0.1) is 0 Å². The predicted octanol–water partition coefficient (Wildman–Crippen LogP) is 3.82. The van der Waals surface area contributed by atoms with E-state index in [9.17, 15) is 4.79 Å². The summed E-state index contributed by atoms with van der Waals surface area (Å²) in [5.74, 6) is 1.15. The lowest BCUT2D eigenvalue weighted by Crippen LogP contribution is -2.45. The fourth-order valence-corrected chi connectivity index (χ4v) is 4.06. The van der Waals surface area contributed by atoms with Crippen molar-refractivity contribution in [3.8, 4) is 5.75 Å². The minimum Gasteiger partial charge on any atom is -0.486 e. The summed E-state index contributed by atoms with van der Waals surface area (Å²) < 4.78 is 16.8. The van der Waals surface area contributed by atoms with Crippen molar-refractivity contribution in [3.63, 3.8) is 0 Å². The minimum absolute atomic E-state index is 0.0862. The summed E-state index contributed by atoms with van der Waals surface area (Å²) in [4.78, 5) is 12.5. The summed E-state index contributed by atoms with van der Waals surface area (Å²) in [5, 5.41) is 6.93. The Hall–Kier alpha value is -2.34. The first kappa shape index (κ1) is 19.0. The van der Waals surface area contributed by atoms with Crippen molar-refractivity contribution in [2.45, 2.75) is 70.6 Å². The van der Waals surface area contributed by atoms with Gasteiger partial charge in [-0.15, -0.1) is 0 Å². The molecule has 1 aromatic carbocycles. The van der Waals surface area contributed by atoms with Gasteiger partial charge in [0, 0.05) is 18.7 Å². The number of nitrogens with one attached hydrogen (secondary N) is 1. The van der Waals surface area contributed by atoms with Crippen molar-refractivity contribution >= 4 is 5.91 Å². The van der Waals surface area contributed by atoms with Crippen LogP contribution in [0.15, 0.2) is 28.8 Å². The molecule has 28 heavy (non-hydrogen) atoms. The molecule has 1 aliphatic heterocycles. The second-order valence-electron chi connectivity index (χ2n) is 8.38. The van der Waals surface area contributed by atoms with Gasteiger partial charge in [-0.05, 0) is 75.6 Å². The molecule has 0 radical (unpaired) electrons. The highest BCUT2D eigenvalue weighted by atomic mass is 16.5. The Morgan fingerprint density at radius 3 is 2.89 bits per heavy atom. The van der Waals surface area contributed by atoms with Gasteiger partial charge in [0.1, 0.15) is 12.4 Å². The minimum atomic E-state index is -0.216.